The average molecular weight is 329 g/mol. The Morgan fingerprint density at radius 1 is 1.30 bits per heavy atom. The smallest absolute Gasteiger partial charge is 0.410 e. The zero-order valence-corrected chi connectivity index (χ0v) is 15.7. The summed E-state index contributed by atoms with van der Waals surface area (Å²) < 4.78 is 18.9. The number of aliphatic hydroxyl groups excluding tert-OH is 1. The van der Waals surface area contributed by atoms with Crippen LogP contribution in [0.15, 0.2) is 23.2 Å². The molecule has 0 fully saturated rings. The minimum atomic E-state index is -0.583. The van der Waals surface area contributed by atoms with Crippen LogP contribution in [0.1, 0.15) is 61.8 Å². The van der Waals surface area contributed by atoms with Crippen LogP contribution in [0.3, 0.4) is 0 Å². The van der Waals surface area contributed by atoms with Crippen molar-refractivity contribution in [3.63, 3.8) is 0 Å². The number of hydrogen-bond acceptors (Lipinski definition) is 3. The van der Waals surface area contributed by atoms with Crippen LogP contribution in [0, 0.1) is 5.92 Å². The number of hydrogen-bond donors (Lipinski definition) is 1. The molecule has 0 radical (unpaired) electrons. The number of halogens is 1. The molecule has 0 saturated heterocycles. The fourth-order valence-electron chi connectivity index (χ4n) is 1.95. The summed E-state index contributed by atoms with van der Waals surface area (Å²) in [7, 11) is 0. The fraction of sp³-hybridized carbons (Fsp3) is 0.722. The van der Waals surface area contributed by atoms with Crippen LogP contribution < -0.4 is 0 Å². The highest BCUT2D eigenvalue weighted by Crippen LogP contribution is 2.19. The molecular formula is C18H32FNO3. The van der Waals surface area contributed by atoms with Gasteiger partial charge in [-0.15, -0.1) is 0 Å². The van der Waals surface area contributed by atoms with E-state index in [1.807, 2.05) is 41.5 Å². The topological polar surface area (TPSA) is 49.8 Å². The van der Waals surface area contributed by atoms with E-state index in [9.17, 15) is 14.3 Å². The van der Waals surface area contributed by atoms with Gasteiger partial charge in [0.15, 0.2) is 0 Å². The lowest BCUT2D eigenvalue weighted by Crippen LogP contribution is -2.44. The first-order valence-corrected chi connectivity index (χ1v) is 8.14. The second-order valence-electron chi connectivity index (χ2n) is 7.23. The summed E-state index contributed by atoms with van der Waals surface area (Å²) in [5, 5.41) is 9.72. The van der Waals surface area contributed by atoms with Gasteiger partial charge in [-0.2, -0.15) is 0 Å². The van der Waals surface area contributed by atoms with E-state index in [2.05, 4.69) is 0 Å². The molecule has 0 heterocycles. The van der Waals surface area contributed by atoms with Crippen LogP contribution in [-0.2, 0) is 4.74 Å². The van der Waals surface area contributed by atoms with Crippen LogP contribution in [0.4, 0.5) is 9.18 Å². The lowest BCUT2D eigenvalue weighted by atomic mass is 10.1. The molecule has 0 aromatic heterocycles. The lowest BCUT2D eigenvalue weighted by molar-refractivity contribution is 0.0179. The van der Waals surface area contributed by atoms with Crippen molar-refractivity contribution in [1.82, 2.24) is 4.90 Å². The molecule has 0 saturated carbocycles. The number of nitrogens with zero attached hydrogens (tertiary/aromatic N) is 1. The second-order valence-corrected chi connectivity index (χ2v) is 7.23. The van der Waals surface area contributed by atoms with Crippen molar-refractivity contribution in [2.45, 2.75) is 73.5 Å². The molecule has 0 aliphatic heterocycles. The number of aliphatic hydroxyl groups is 1. The first-order chi connectivity index (χ1) is 10.4. The summed E-state index contributed by atoms with van der Waals surface area (Å²) in [6, 6.07) is -0.306. The molecule has 134 valence electrons. The summed E-state index contributed by atoms with van der Waals surface area (Å²) >= 11 is 0. The Labute approximate surface area is 140 Å². The van der Waals surface area contributed by atoms with Gasteiger partial charge in [0.1, 0.15) is 17.2 Å². The van der Waals surface area contributed by atoms with Crippen molar-refractivity contribution < 1.29 is 19.0 Å². The summed E-state index contributed by atoms with van der Waals surface area (Å²) in [5.74, 6) is -0.691. The van der Waals surface area contributed by atoms with Gasteiger partial charge in [-0.3, -0.25) is 0 Å². The molecule has 23 heavy (non-hydrogen) atoms. The Morgan fingerprint density at radius 3 is 2.22 bits per heavy atom. The third-order valence-electron chi connectivity index (χ3n) is 3.27. The number of carbonyl (C=O) groups excluding carboxylic acids is 1. The van der Waals surface area contributed by atoms with Gasteiger partial charge in [0.25, 0.3) is 0 Å². The molecule has 0 aliphatic rings. The highest BCUT2D eigenvalue weighted by atomic mass is 19.1. The number of ether oxygens (including phenoxy) is 1. The summed E-state index contributed by atoms with van der Waals surface area (Å²) in [4.78, 5) is 14.1. The van der Waals surface area contributed by atoms with Gasteiger partial charge in [-0.05, 0) is 52.2 Å². The molecule has 0 rings (SSSR count). The maximum absolute atomic E-state index is 13.4. The van der Waals surface area contributed by atoms with Gasteiger partial charge in [0.2, 0.25) is 0 Å². The van der Waals surface area contributed by atoms with Crippen molar-refractivity contribution in [1.29, 1.82) is 0 Å². The van der Waals surface area contributed by atoms with Gasteiger partial charge in [0.05, 0.1) is 6.04 Å². The van der Waals surface area contributed by atoms with E-state index < -0.39 is 17.5 Å². The molecule has 0 aliphatic carbocycles. The first-order valence-electron chi connectivity index (χ1n) is 8.14. The monoisotopic (exact) mass is 329 g/mol. The predicted octanol–water partition coefficient (Wildman–Crippen LogP) is 5.36. The zero-order chi connectivity index (χ0) is 18.4. The van der Waals surface area contributed by atoms with Gasteiger partial charge in [0, 0.05) is 13.0 Å². The summed E-state index contributed by atoms with van der Waals surface area (Å²) in [6.45, 7) is 15.2. The largest absolute Gasteiger partial charge is 0.505 e. The maximum Gasteiger partial charge on any atom is 0.410 e. The normalized spacial score (nSPS) is 15.3. The molecule has 1 atom stereocenters. The molecule has 0 aromatic carbocycles. The molecule has 5 heteroatoms. The van der Waals surface area contributed by atoms with Gasteiger partial charge >= 0.3 is 6.09 Å². The molecule has 0 unspecified atom stereocenters. The minimum absolute atomic E-state index is 0.131. The third kappa shape index (κ3) is 8.05. The van der Waals surface area contributed by atoms with E-state index in [0.29, 0.717) is 12.1 Å². The van der Waals surface area contributed by atoms with Crippen LogP contribution in [-0.4, -0.2) is 34.3 Å². The number of rotatable bonds is 6. The van der Waals surface area contributed by atoms with Crippen molar-refractivity contribution in [2.24, 2.45) is 5.92 Å². The fourth-order valence-corrected chi connectivity index (χ4v) is 1.95. The van der Waals surface area contributed by atoms with Gasteiger partial charge in [-0.1, -0.05) is 20.8 Å². The maximum atomic E-state index is 13.4. The van der Waals surface area contributed by atoms with Crippen molar-refractivity contribution in [3.8, 4) is 0 Å². The molecule has 0 bridgehead atoms. The Balaban J connectivity index is 5.40. The highest BCUT2D eigenvalue weighted by Gasteiger charge is 2.27. The van der Waals surface area contributed by atoms with E-state index in [-0.39, 0.29) is 24.1 Å². The van der Waals surface area contributed by atoms with E-state index in [4.69, 9.17) is 4.74 Å². The highest BCUT2D eigenvalue weighted by molar-refractivity contribution is 5.69. The standard InChI is InChI=1S/C18H32FNO3/c1-9-15(19)16(21)10-13(4)14(5)20(11-12(2)3)17(22)23-18(6,7)8/h10,12,14,21H,9,11H2,1-8H3/b13-10+,16-15-/t14-/m1/s1. The lowest BCUT2D eigenvalue weighted by Gasteiger charge is -2.33. The van der Waals surface area contributed by atoms with Crippen LogP contribution in [0.25, 0.3) is 0 Å². The molecule has 0 spiro atoms. The van der Waals surface area contributed by atoms with Crippen LogP contribution >= 0.6 is 0 Å². The number of allylic oxidation sites excluding steroid dienone is 2. The predicted molar refractivity (Wildman–Crippen MR) is 92.1 cm³/mol. The summed E-state index contributed by atoms with van der Waals surface area (Å²) in [6.07, 6.45) is 1.10. The third-order valence-corrected chi connectivity index (χ3v) is 3.27. The van der Waals surface area contributed by atoms with Crippen LogP contribution in [0.2, 0.25) is 0 Å². The van der Waals surface area contributed by atoms with Crippen molar-refractivity contribution >= 4 is 6.09 Å². The van der Waals surface area contributed by atoms with E-state index in [1.54, 1.807) is 18.7 Å². The average Bonchev–Trinajstić information content (AvgIpc) is 2.40. The number of amides is 1. The van der Waals surface area contributed by atoms with E-state index in [0.717, 1.165) is 0 Å². The summed E-state index contributed by atoms with van der Waals surface area (Å²) in [5.41, 5.74) is 0.109. The van der Waals surface area contributed by atoms with Crippen molar-refractivity contribution in [3.05, 3.63) is 23.2 Å². The molecular weight excluding hydrogens is 297 g/mol. The second kappa shape index (κ2) is 8.94. The van der Waals surface area contributed by atoms with Gasteiger partial charge < -0.3 is 14.7 Å². The minimum Gasteiger partial charge on any atom is -0.505 e. The zero-order valence-electron chi connectivity index (χ0n) is 15.7. The Hall–Kier alpha value is -1.52. The van der Waals surface area contributed by atoms with E-state index in [1.165, 1.54) is 6.08 Å². The SMILES string of the molecule is CC/C(F)=C(O)\C=C(/C)[C@@H](C)N(CC(C)C)C(=O)OC(C)(C)C. The molecule has 1 N–H and O–H groups in total. The molecule has 1 amide bonds. The first kappa shape index (κ1) is 21.5. The Morgan fingerprint density at radius 2 is 1.83 bits per heavy atom. The number of carbonyl (C=O) groups is 1. The Kier molecular flexibility index (Phi) is 8.35. The van der Waals surface area contributed by atoms with E-state index >= 15 is 0 Å². The van der Waals surface area contributed by atoms with Gasteiger partial charge in [-0.25, -0.2) is 9.18 Å². The molecule has 0 aromatic rings. The quantitative estimate of drug-likeness (QED) is 0.527. The van der Waals surface area contributed by atoms with Crippen molar-refractivity contribution in [2.75, 3.05) is 6.54 Å². The molecule has 4 nitrogen and oxygen atoms in total. The Bertz CT molecular complexity index is 461. The van der Waals surface area contributed by atoms with Crippen LogP contribution in [0.5, 0.6) is 0 Å².